The topological polar surface area (TPSA) is 265 Å². The molecule has 0 aliphatic heterocycles. The van der Waals surface area contributed by atoms with E-state index < -0.39 is 11.1 Å². The predicted octanol–water partition coefficient (Wildman–Crippen LogP) is 2.43. The van der Waals surface area contributed by atoms with Gasteiger partial charge in [0.1, 0.15) is 13.5 Å². The van der Waals surface area contributed by atoms with Crippen molar-refractivity contribution in [1.82, 2.24) is 44.9 Å². The molecule has 0 bridgehead atoms. The SMILES string of the molecule is CCNc1nc(NCC)nc(NCC(CC)(CC)Nc2nc(NCC)nc(NCC(CC)(CC)Nc3nc(NCO)nc(NCO)n3)n2)n1. The summed E-state index contributed by atoms with van der Waals surface area (Å²) in [5, 5.41) is 47.3. The second-order valence-corrected chi connectivity index (χ2v) is 11.1. The molecule has 0 aromatic carbocycles. The predicted molar refractivity (Wildman–Crippen MR) is 194 cm³/mol. The molecule has 49 heavy (non-hydrogen) atoms. The zero-order valence-electron chi connectivity index (χ0n) is 29.7. The molecule has 0 aliphatic rings. The van der Waals surface area contributed by atoms with Crippen molar-refractivity contribution in [2.45, 2.75) is 85.2 Å². The molecular weight excluding hydrogens is 632 g/mol. The summed E-state index contributed by atoms with van der Waals surface area (Å²) in [4.78, 5) is 40.4. The van der Waals surface area contributed by atoms with Crippen molar-refractivity contribution in [2.24, 2.45) is 0 Å². The van der Waals surface area contributed by atoms with E-state index in [1.165, 1.54) is 0 Å². The summed E-state index contributed by atoms with van der Waals surface area (Å²) in [6.07, 6.45) is 2.92. The normalized spacial score (nSPS) is 11.4. The third-order valence-electron chi connectivity index (χ3n) is 8.02. The van der Waals surface area contributed by atoms with Crippen LogP contribution < -0.4 is 47.9 Å². The lowest BCUT2D eigenvalue weighted by Crippen LogP contribution is -2.45. The lowest BCUT2D eigenvalue weighted by molar-refractivity contribution is 0.323. The molecule has 3 heterocycles. The number of hydrogen-bond acceptors (Lipinski definition) is 20. The molecule has 0 saturated carbocycles. The van der Waals surface area contributed by atoms with Gasteiger partial charge in [0.2, 0.25) is 53.5 Å². The highest BCUT2D eigenvalue weighted by Crippen LogP contribution is 2.25. The van der Waals surface area contributed by atoms with Gasteiger partial charge in [-0.15, -0.1) is 0 Å². The average molecular weight is 687 g/mol. The number of aliphatic hydroxyl groups is 2. The molecule has 0 spiro atoms. The highest BCUT2D eigenvalue weighted by atomic mass is 16.3. The Morgan fingerprint density at radius 2 is 0.612 bits per heavy atom. The van der Waals surface area contributed by atoms with E-state index in [0.717, 1.165) is 12.8 Å². The lowest BCUT2D eigenvalue weighted by atomic mass is 9.93. The van der Waals surface area contributed by atoms with Gasteiger partial charge in [0, 0.05) is 32.7 Å². The van der Waals surface area contributed by atoms with Crippen molar-refractivity contribution in [3.05, 3.63) is 0 Å². The van der Waals surface area contributed by atoms with Crippen molar-refractivity contribution in [1.29, 1.82) is 0 Å². The van der Waals surface area contributed by atoms with E-state index in [2.05, 4.69) is 115 Å². The molecule has 3 rings (SSSR count). The third-order valence-corrected chi connectivity index (χ3v) is 8.02. The second-order valence-electron chi connectivity index (χ2n) is 11.1. The van der Waals surface area contributed by atoms with Gasteiger partial charge in [-0.1, -0.05) is 27.7 Å². The van der Waals surface area contributed by atoms with Crippen molar-refractivity contribution < 1.29 is 10.2 Å². The van der Waals surface area contributed by atoms with Crippen LogP contribution in [0.1, 0.15) is 74.1 Å². The van der Waals surface area contributed by atoms with Crippen molar-refractivity contribution >= 4 is 53.5 Å². The van der Waals surface area contributed by atoms with Crippen LogP contribution in [0.5, 0.6) is 0 Å². The molecule has 272 valence electrons. The summed E-state index contributed by atoms with van der Waals surface area (Å²) < 4.78 is 0. The van der Waals surface area contributed by atoms with Crippen LogP contribution in [0, 0.1) is 0 Å². The first-order valence-corrected chi connectivity index (χ1v) is 17.0. The fourth-order valence-electron chi connectivity index (χ4n) is 4.82. The minimum absolute atomic E-state index is 0.157. The standard InChI is InChI=1S/C29H54N18O2/c1-8-28(9-2,15-33-22-38-19(30-12-5)37-20(39-22)31-13-6)46-26-42-21(32-14-7)40-23(43-26)34-16-29(10-3,11-4)47-27-44-24(35-17-48)41-25(45-27)36-18-49/h48-49H,8-18H2,1-7H3,(H3,30,31,33,37,38,39)(H3,32,34,40,42,43,46)(H3,35,36,41,44,45,47). The Labute approximate surface area is 287 Å². The smallest absolute Gasteiger partial charge is 0.231 e. The summed E-state index contributed by atoms with van der Waals surface area (Å²) in [7, 11) is 0. The molecule has 0 radical (unpaired) electrons. The summed E-state index contributed by atoms with van der Waals surface area (Å²) in [5.41, 5.74) is -0.961. The van der Waals surface area contributed by atoms with Crippen LogP contribution >= 0.6 is 0 Å². The van der Waals surface area contributed by atoms with Gasteiger partial charge < -0.3 is 58.1 Å². The molecule has 0 amide bonds. The summed E-state index contributed by atoms with van der Waals surface area (Å²) in [6.45, 7) is 16.5. The Morgan fingerprint density at radius 1 is 0.367 bits per heavy atom. The number of anilines is 9. The minimum atomic E-state index is -0.519. The van der Waals surface area contributed by atoms with Crippen molar-refractivity contribution in [2.75, 3.05) is 94.0 Å². The Hall–Kier alpha value is -4.85. The largest absolute Gasteiger partial charge is 0.376 e. The number of aromatic nitrogens is 9. The Morgan fingerprint density at radius 3 is 0.857 bits per heavy atom. The monoisotopic (exact) mass is 686 g/mol. The van der Waals surface area contributed by atoms with Crippen molar-refractivity contribution in [3.63, 3.8) is 0 Å². The molecule has 0 unspecified atom stereocenters. The Balaban J connectivity index is 1.84. The van der Waals surface area contributed by atoms with Gasteiger partial charge >= 0.3 is 0 Å². The second kappa shape index (κ2) is 19.2. The van der Waals surface area contributed by atoms with Gasteiger partial charge in [0.15, 0.2) is 0 Å². The van der Waals surface area contributed by atoms with Crippen LogP contribution in [0.15, 0.2) is 0 Å². The average Bonchev–Trinajstić information content (AvgIpc) is 3.09. The maximum Gasteiger partial charge on any atom is 0.231 e. The third kappa shape index (κ3) is 11.4. The number of hydrogen-bond donors (Lipinski definition) is 11. The minimum Gasteiger partial charge on any atom is -0.376 e. The zero-order valence-corrected chi connectivity index (χ0v) is 29.7. The van der Waals surface area contributed by atoms with Gasteiger partial charge in [-0.2, -0.15) is 44.9 Å². The number of rotatable bonds is 24. The Kier molecular flexibility index (Phi) is 15.1. The van der Waals surface area contributed by atoms with Crippen LogP contribution in [-0.4, -0.2) is 112 Å². The molecule has 3 aromatic heterocycles. The zero-order chi connectivity index (χ0) is 35.7. The fourth-order valence-corrected chi connectivity index (χ4v) is 4.82. The van der Waals surface area contributed by atoms with Gasteiger partial charge in [-0.25, -0.2) is 0 Å². The molecular formula is C29H54N18O2. The van der Waals surface area contributed by atoms with Gasteiger partial charge in [-0.05, 0) is 46.5 Å². The van der Waals surface area contributed by atoms with Crippen LogP contribution in [0.3, 0.4) is 0 Å². The van der Waals surface area contributed by atoms with Crippen LogP contribution in [0.25, 0.3) is 0 Å². The summed E-state index contributed by atoms with van der Waals surface area (Å²) in [6, 6.07) is 0. The van der Waals surface area contributed by atoms with Gasteiger partial charge in [0.25, 0.3) is 0 Å². The molecule has 20 heteroatoms. The number of nitrogens with zero attached hydrogens (tertiary/aromatic N) is 9. The van der Waals surface area contributed by atoms with E-state index in [1.54, 1.807) is 0 Å². The highest BCUT2D eigenvalue weighted by molar-refractivity contribution is 5.47. The molecule has 3 aromatic rings. The molecule has 0 atom stereocenters. The first-order valence-electron chi connectivity index (χ1n) is 17.0. The maximum atomic E-state index is 9.33. The number of nitrogens with one attached hydrogen (secondary N) is 9. The molecule has 0 aliphatic carbocycles. The lowest BCUT2D eigenvalue weighted by Gasteiger charge is -2.34. The van der Waals surface area contributed by atoms with E-state index in [4.69, 9.17) is 4.98 Å². The van der Waals surface area contributed by atoms with Crippen molar-refractivity contribution in [3.8, 4) is 0 Å². The van der Waals surface area contributed by atoms with E-state index in [-0.39, 0.29) is 31.3 Å². The molecule has 20 nitrogen and oxygen atoms in total. The molecule has 11 N–H and O–H groups in total. The first-order chi connectivity index (χ1) is 23.7. The van der Waals surface area contributed by atoms with Crippen LogP contribution in [0.4, 0.5) is 53.5 Å². The van der Waals surface area contributed by atoms with Crippen LogP contribution in [0.2, 0.25) is 0 Å². The van der Waals surface area contributed by atoms with E-state index >= 15 is 0 Å². The summed E-state index contributed by atoms with van der Waals surface area (Å²) in [5.74, 6) is 3.28. The fraction of sp³-hybridized carbons (Fsp3) is 0.690. The first kappa shape index (κ1) is 38.6. The van der Waals surface area contributed by atoms with Crippen LogP contribution in [-0.2, 0) is 0 Å². The molecule has 0 saturated heterocycles. The van der Waals surface area contributed by atoms with E-state index in [1.807, 2.05) is 20.8 Å². The van der Waals surface area contributed by atoms with E-state index in [9.17, 15) is 10.2 Å². The Bertz CT molecular complexity index is 1370. The molecule has 0 fully saturated rings. The van der Waals surface area contributed by atoms with Gasteiger partial charge in [0.05, 0.1) is 11.1 Å². The summed E-state index contributed by atoms with van der Waals surface area (Å²) >= 11 is 0. The van der Waals surface area contributed by atoms with Gasteiger partial charge in [-0.3, -0.25) is 0 Å². The quantitative estimate of drug-likeness (QED) is 0.0604. The highest BCUT2D eigenvalue weighted by Gasteiger charge is 2.30. The maximum absolute atomic E-state index is 9.33. The number of aliphatic hydroxyl groups excluding tert-OH is 2. The van der Waals surface area contributed by atoms with E-state index in [0.29, 0.717) is 81.3 Å².